The molecule has 1 amide bonds. The maximum atomic E-state index is 12.4. The van der Waals surface area contributed by atoms with Gasteiger partial charge >= 0.3 is 0 Å². The smallest absolute Gasteiger partial charge is 0.264 e. The van der Waals surface area contributed by atoms with Crippen LogP contribution in [-0.4, -0.2) is 24.3 Å². The second kappa shape index (κ2) is 9.98. The van der Waals surface area contributed by atoms with E-state index in [1.165, 1.54) is 17.3 Å². The summed E-state index contributed by atoms with van der Waals surface area (Å²) in [6.45, 7) is 7.04. The Kier molecular flexibility index (Phi) is 7.39. The molecule has 5 nitrogen and oxygen atoms in total. The summed E-state index contributed by atoms with van der Waals surface area (Å²) >= 11 is 4.88. The number of carbonyl (C=O) groups is 1. The molecule has 2 aromatic carbocycles. The Balaban J connectivity index is 1.85. The predicted molar refractivity (Wildman–Crippen MR) is 123 cm³/mol. The van der Waals surface area contributed by atoms with E-state index in [1.54, 1.807) is 0 Å². The molecule has 1 aliphatic heterocycles. The fourth-order valence-electron chi connectivity index (χ4n) is 2.74. The van der Waals surface area contributed by atoms with Crippen molar-refractivity contribution in [3.63, 3.8) is 0 Å². The van der Waals surface area contributed by atoms with E-state index in [-0.39, 0.29) is 5.91 Å². The third-order valence-corrected chi connectivity index (χ3v) is 5.77. The van der Waals surface area contributed by atoms with Gasteiger partial charge in [-0.25, -0.2) is 4.99 Å². The number of aliphatic imine (C=N–C) groups is 1. The Labute approximate surface area is 183 Å². The maximum Gasteiger partial charge on any atom is 0.264 e. The second-order valence-corrected chi connectivity index (χ2v) is 8.07. The molecule has 152 valence electrons. The number of amidine groups is 1. The molecule has 0 radical (unpaired) electrons. The zero-order valence-corrected chi connectivity index (χ0v) is 19.0. The number of nitrogens with zero attached hydrogens (tertiary/aromatic N) is 1. The molecule has 1 N–H and O–H groups in total. The Bertz CT molecular complexity index is 955. The third-order valence-electron chi connectivity index (χ3n) is 4.18. The molecule has 1 aliphatic rings. The number of thioether (sulfide) groups is 1. The number of hydrogen-bond donors (Lipinski definition) is 1. The second-order valence-electron chi connectivity index (χ2n) is 6.19. The van der Waals surface area contributed by atoms with Crippen molar-refractivity contribution in [1.82, 2.24) is 5.32 Å². The van der Waals surface area contributed by atoms with Crippen LogP contribution in [0.15, 0.2) is 50.8 Å². The first-order valence-corrected chi connectivity index (χ1v) is 11.1. The van der Waals surface area contributed by atoms with Gasteiger partial charge in [0.25, 0.3) is 5.91 Å². The van der Waals surface area contributed by atoms with E-state index in [4.69, 9.17) is 9.47 Å². The first-order valence-electron chi connectivity index (χ1n) is 9.51. The van der Waals surface area contributed by atoms with Gasteiger partial charge in [0.1, 0.15) is 0 Å². The lowest BCUT2D eigenvalue weighted by molar-refractivity contribution is -0.115. The Morgan fingerprint density at radius 1 is 1.07 bits per heavy atom. The molecule has 2 aromatic rings. The van der Waals surface area contributed by atoms with E-state index in [1.807, 2.05) is 56.3 Å². The molecule has 0 unspecified atom stereocenters. The van der Waals surface area contributed by atoms with Gasteiger partial charge in [0.15, 0.2) is 16.7 Å². The number of halogens is 1. The molecule has 0 aliphatic carbocycles. The number of benzene rings is 2. The highest BCUT2D eigenvalue weighted by Crippen LogP contribution is 2.37. The minimum absolute atomic E-state index is 0.169. The van der Waals surface area contributed by atoms with Gasteiger partial charge in [-0.1, -0.05) is 35.0 Å². The topological polar surface area (TPSA) is 59.9 Å². The van der Waals surface area contributed by atoms with Crippen LogP contribution in [0.2, 0.25) is 0 Å². The lowest BCUT2D eigenvalue weighted by atomic mass is 10.2. The normalized spacial score (nSPS) is 16.3. The SMILES string of the molecule is CCOc1cc(Br)c(/C=C2\SC(=Nc3ccc(CC)cc3)NC2=O)cc1OCC. The molecular formula is C22H23BrN2O3S. The van der Waals surface area contributed by atoms with Crippen LogP contribution >= 0.6 is 27.7 Å². The molecule has 29 heavy (non-hydrogen) atoms. The maximum absolute atomic E-state index is 12.4. The fourth-order valence-corrected chi connectivity index (χ4v) is 4.01. The van der Waals surface area contributed by atoms with E-state index < -0.39 is 0 Å². The number of ether oxygens (including phenoxy) is 2. The van der Waals surface area contributed by atoms with Crippen molar-refractivity contribution in [3.05, 3.63) is 56.9 Å². The van der Waals surface area contributed by atoms with E-state index in [2.05, 4.69) is 33.2 Å². The van der Waals surface area contributed by atoms with E-state index in [9.17, 15) is 4.79 Å². The largest absolute Gasteiger partial charge is 0.490 e. The Morgan fingerprint density at radius 2 is 1.72 bits per heavy atom. The summed E-state index contributed by atoms with van der Waals surface area (Å²) < 4.78 is 12.2. The summed E-state index contributed by atoms with van der Waals surface area (Å²) in [5.74, 6) is 1.15. The third kappa shape index (κ3) is 5.42. The van der Waals surface area contributed by atoms with Crippen LogP contribution in [0.5, 0.6) is 11.5 Å². The van der Waals surface area contributed by atoms with Crippen LogP contribution in [0.3, 0.4) is 0 Å². The molecule has 1 fully saturated rings. The minimum atomic E-state index is -0.169. The zero-order chi connectivity index (χ0) is 20.8. The predicted octanol–water partition coefficient (Wildman–Crippen LogP) is 5.70. The molecule has 0 spiro atoms. The van der Waals surface area contributed by atoms with Crippen molar-refractivity contribution >= 4 is 50.5 Å². The van der Waals surface area contributed by atoms with Crippen LogP contribution in [0.25, 0.3) is 6.08 Å². The number of nitrogens with one attached hydrogen (secondary N) is 1. The highest BCUT2D eigenvalue weighted by Gasteiger charge is 2.24. The van der Waals surface area contributed by atoms with Gasteiger partial charge in [-0.3, -0.25) is 4.79 Å². The standard InChI is InChI=1S/C22H23BrN2O3S/c1-4-14-7-9-16(10-8-14)24-22-25-21(26)20(29-22)12-15-11-18(27-5-2)19(28-6-3)13-17(15)23/h7-13H,4-6H2,1-3H3,(H,24,25,26)/b20-12-. The zero-order valence-electron chi connectivity index (χ0n) is 16.6. The molecule has 7 heteroatoms. The van der Waals surface area contributed by atoms with Gasteiger partial charge < -0.3 is 14.8 Å². The average molecular weight is 475 g/mol. The minimum Gasteiger partial charge on any atom is -0.490 e. The molecule has 1 saturated heterocycles. The van der Waals surface area contributed by atoms with Gasteiger partial charge in [0.2, 0.25) is 0 Å². The highest BCUT2D eigenvalue weighted by molar-refractivity contribution is 9.10. The van der Waals surface area contributed by atoms with E-state index in [0.717, 1.165) is 22.1 Å². The van der Waals surface area contributed by atoms with Gasteiger partial charge in [0, 0.05) is 4.47 Å². The van der Waals surface area contributed by atoms with Crippen molar-refractivity contribution < 1.29 is 14.3 Å². The number of aryl methyl sites for hydroxylation is 1. The number of amides is 1. The quantitative estimate of drug-likeness (QED) is 0.522. The van der Waals surface area contributed by atoms with E-state index in [0.29, 0.717) is 34.8 Å². The molecule has 3 rings (SSSR count). The van der Waals surface area contributed by atoms with Crippen molar-refractivity contribution in [2.24, 2.45) is 4.99 Å². The summed E-state index contributed by atoms with van der Waals surface area (Å²) in [7, 11) is 0. The Hall–Kier alpha value is -2.25. The first-order chi connectivity index (χ1) is 14.0. The van der Waals surface area contributed by atoms with Crippen molar-refractivity contribution in [2.75, 3.05) is 13.2 Å². The number of rotatable bonds is 7. The first kappa shape index (κ1) is 21.5. The lowest BCUT2D eigenvalue weighted by Crippen LogP contribution is -2.19. The van der Waals surface area contributed by atoms with Gasteiger partial charge in [-0.2, -0.15) is 0 Å². The fraction of sp³-hybridized carbons (Fsp3) is 0.273. The molecule has 0 aromatic heterocycles. The van der Waals surface area contributed by atoms with Crippen LogP contribution in [0.1, 0.15) is 31.9 Å². The summed E-state index contributed by atoms with van der Waals surface area (Å²) in [4.78, 5) is 17.5. The van der Waals surface area contributed by atoms with Gasteiger partial charge in [-0.05, 0) is 73.5 Å². The molecule has 0 atom stereocenters. The summed E-state index contributed by atoms with van der Waals surface area (Å²) in [6.07, 6.45) is 2.81. The van der Waals surface area contributed by atoms with Crippen LogP contribution in [-0.2, 0) is 11.2 Å². The highest BCUT2D eigenvalue weighted by atomic mass is 79.9. The van der Waals surface area contributed by atoms with Crippen LogP contribution in [0.4, 0.5) is 5.69 Å². The summed E-state index contributed by atoms with van der Waals surface area (Å²) in [5, 5.41) is 3.39. The molecular weight excluding hydrogens is 452 g/mol. The monoisotopic (exact) mass is 474 g/mol. The molecule has 1 heterocycles. The van der Waals surface area contributed by atoms with Crippen molar-refractivity contribution in [1.29, 1.82) is 0 Å². The lowest BCUT2D eigenvalue weighted by Gasteiger charge is -2.13. The van der Waals surface area contributed by atoms with Gasteiger partial charge in [-0.15, -0.1) is 0 Å². The Morgan fingerprint density at radius 3 is 2.34 bits per heavy atom. The average Bonchev–Trinajstić information content (AvgIpc) is 3.05. The molecule has 0 bridgehead atoms. The number of carbonyl (C=O) groups excluding carboxylic acids is 1. The van der Waals surface area contributed by atoms with E-state index >= 15 is 0 Å². The summed E-state index contributed by atoms with van der Waals surface area (Å²) in [5.41, 5.74) is 2.90. The summed E-state index contributed by atoms with van der Waals surface area (Å²) in [6, 6.07) is 11.7. The van der Waals surface area contributed by atoms with Crippen molar-refractivity contribution in [3.8, 4) is 11.5 Å². The van der Waals surface area contributed by atoms with Crippen LogP contribution < -0.4 is 14.8 Å². The van der Waals surface area contributed by atoms with Crippen molar-refractivity contribution in [2.45, 2.75) is 27.2 Å². The van der Waals surface area contributed by atoms with Crippen LogP contribution in [0, 0.1) is 0 Å². The van der Waals surface area contributed by atoms with Gasteiger partial charge in [0.05, 0.1) is 23.8 Å². The molecule has 0 saturated carbocycles. The number of hydrogen-bond acceptors (Lipinski definition) is 5.